The molecule has 10 heavy (non-hydrogen) atoms. The zero-order valence-corrected chi connectivity index (χ0v) is 7.10. The Hall–Kier alpha value is -0.0800. The molecular weight excluding hydrogens is 126 g/mol. The molecule has 2 heteroatoms. The molecule has 0 bridgehead atoms. The van der Waals surface area contributed by atoms with E-state index in [2.05, 4.69) is 20.8 Å². The molecule has 0 N–H and O–H groups in total. The van der Waals surface area contributed by atoms with E-state index in [1.807, 2.05) is 5.06 Å². The van der Waals surface area contributed by atoms with Gasteiger partial charge in [0.1, 0.15) is 0 Å². The average Bonchev–Trinajstić information content (AvgIpc) is 1.99. The Kier molecular flexibility index (Phi) is 6.98. The Morgan fingerprint density at radius 1 is 1.40 bits per heavy atom. The van der Waals surface area contributed by atoms with Crippen molar-refractivity contribution in [2.45, 2.75) is 26.7 Å². The number of hydroxylamine groups is 2. The SMILES string of the molecule is [CH2]CN(CC)OCCCC. The smallest absolute Gasteiger partial charge is 0.0685 e. The zero-order chi connectivity index (χ0) is 7.82. The maximum Gasteiger partial charge on any atom is 0.0685 e. The second kappa shape index (κ2) is 7.03. The van der Waals surface area contributed by atoms with Gasteiger partial charge in [0, 0.05) is 13.1 Å². The van der Waals surface area contributed by atoms with Crippen molar-refractivity contribution in [1.82, 2.24) is 5.06 Å². The lowest BCUT2D eigenvalue weighted by atomic mass is 10.4. The van der Waals surface area contributed by atoms with Gasteiger partial charge >= 0.3 is 0 Å². The quantitative estimate of drug-likeness (QED) is 0.417. The van der Waals surface area contributed by atoms with Gasteiger partial charge in [0.2, 0.25) is 0 Å². The van der Waals surface area contributed by atoms with Gasteiger partial charge in [-0.1, -0.05) is 20.3 Å². The number of rotatable bonds is 6. The lowest BCUT2D eigenvalue weighted by Crippen LogP contribution is -2.23. The van der Waals surface area contributed by atoms with E-state index < -0.39 is 0 Å². The summed E-state index contributed by atoms with van der Waals surface area (Å²) in [6.07, 6.45) is 2.32. The first kappa shape index (κ1) is 9.92. The van der Waals surface area contributed by atoms with Crippen molar-refractivity contribution in [1.29, 1.82) is 0 Å². The van der Waals surface area contributed by atoms with E-state index in [4.69, 9.17) is 4.84 Å². The minimum absolute atomic E-state index is 0.736. The van der Waals surface area contributed by atoms with Crippen LogP contribution in [0, 0.1) is 6.92 Å². The first-order chi connectivity index (χ1) is 4.85. The molecule has 0 aromatic heterocycles. The van der Waals surface area contributed by atoms with Crippen LogP contribution in [-0.2, 0) is 4.84 Å². The summed E-state index contributed by atoms with van der Waals surface area (Å²) < 4.78 is 0. The predicted molar refractivity (Wildman–Crippen MR) is 43.5 cm³/mol. The average molecular weight is 144 g/mol. The van der Waals surface area contributed by atoms with E-state index in [1.54, 1.807) is 0 Å². The third kappa shape index (κ3) is 4.77. The highest BCUT2D eigenvalue weighted by atomic mass is 16.7. The molecule has 0 aromatic carbocycles. The summed E-state index contributed by atoms with van der Waals surface area (Å²) in [6.45, 7) is 10.5. The maximum atomic E-state index is 5.35. The van der Waals surface area contributed by atoms with Crippen LogP contribution < -0.4 is 0 Å². The van der Waals surface area contributed by atoms with Crippen LogP contribution >= 0.6 is 0 Å². The fraction of sp³-hybridized carbons (Fsp3) is 0.875. The highest BCUT2D eigenvalue weighted by molar-refractivity contribution is 4.42. The third-order valence-corrected chi connectivity index (χ3v) is 1.37. The van der Waals surface area contributed by atoms with E-state index in [9.17, 15) is 0 Å². The molecule has 1 radical (unpaired) electrons. The molecule has 61 valence electrons. The minimum atomic E-state index is 0.736. The summed E-state index contributed by atoms with van der Waals surface area (Å²) in [5.74, 6) is 0. The van der Waals surface area contributed by atoms with Gasteiger partial charge in [0.15, 0.2) is 0 Å². The summed E-state index contributed by atoms with van der Waals surface area (Å²) in [5.41, 5.74) is 0. The van der Waals surface area contributed by atoms with Crippen LogP contribution in [0.2, 0.25) is 0 Å². The molecule has 0 heterocycles. The monoisotopic (exact) mass is 144 g/mol. The molecule has 0 rings (SSSR count). The van der Waals surface area contributed by atoms with E-state index in [0.717, 1.165) is 26.1 Å². The summed E-state index contributed by atoms with van der Waals surface area (Å²) >= 11 is 0. The van der Waals surface area contributed by atoms with Crippen LogP contribution in [0.3, 0.4) is 0 Å². The summed E-state index contributed by atoms with van der Waals surface area (Å²) in [5, 5.41) is 1.87. The van der Waals surface area contributed by atoms with Crippen LogP contribution in [0.4, 0.5) is 0 Å². The van der Waals surface area contributed by atoms with Gasteiger partial charge in [-0.2, -0.15) is 5.06 Å². The largest absolute Gasteiger partial charge is 0.299 e. The number of hydrogen-bond donors (Lipinski definition) is 0. The molecule has 0 fully saturated rings. The van der Waals surface area contributed by atoms with Crippen LogP contribution in [0.1, 0.15) is 26.7 Å². The van der Waals surface area contributed by atoms with Crippen LogP contribution in [0.25, 0.3) is 0 Å². The second-order valence-electron chi connectivity index (χ2n) is 2.21. The van der Waals surface area contributed by atoms with E-state index in [0.29, 0.717) is 0 Å². The van der Waals surface area contributed by atoms with Crippen molar-refractivity contribution >= 4 is 0 Å². The first-order valence-corrected chi connectivity index (χ1v) is 4.02. The van der Waals surface area contributed by atoms with Crippen molar-refractivity contribution in [3.05, 3.63) is 6.92 Å². The van der Waals surface area contributed by atoms with E-state index in [1.165, 1.54) is 6.42 Å². The number of unbranched alkanes of at least 4 members (excludes halogenated alkanes) is 1. The summed E-state index contributed by atoms with van der Waals surface area (Å²) in [4.78, 5) is 5.35. The van der Waals surface area contributed by atoms with Gasteiger partial charge < -0.3 is 0 Å². The third-order valence-electron chi connectivity index (χ3n) is 1.37. The number of nitrogens with zero attached hydrogens (tertiary/aromatic N) is 1. The molecule has 0 saturated heterocycles. The standard InChI is InChI=1S/C8H18NO/c1-4-7-8-10-9(5-2)6-3/h2,4-8H2,1,3H3. The van der Waals surface area contributed by atoms with Gasteiger partial charge in [-0.25, -0.2) is 0 Å². The topological polar surface area (TPSA) is 12.5 Å². The molecule has 0 saturated carbocycles. The predicted octanol–water partition coefficient (Wildman–Crippen LogP) is 1.87. The lowest BCUT2D eigenvalue weighted by Gasteiger charge is -2.16. The van der Waals surface area contributed by atoms with Gasteiger partial charge in [0.05, 0.1) is 6.61 Å². The molecule has 0 aliphatic rings. The fourth-order valence-corrected chi connectivity index (χ4v) is 0.652. The van der Waals surface area contributed by atoms with E-state index in [-0.39, 0.29) is 0 Å². The molecule has 0 unspecified atom stereocenters. The highest BCUT2D eigenvalue weighted by Gasteiger charge is 1.96. The molecule has 0 aromatic rings. The van der Waals surface area contributed by atoms with E-state index >= 15 is 0 Å². The molecule has 0 atom stereocenters. The van der Waals surface area contributed by atoms with Crippen molar-refractivity contribution in [3.8, 4) is 0 Å². The lowest BCUT2D eigenvalue weighted by molar-refractivity contribution is -0.149. The fourth-order valence-electron chi connectivity index (χ4n) is 0.652. The van der Waals surface area contributed by atoms with Gasteiger partial charge in [-0.3, -0.25) is 4.84 Å². The zero-order valence-electron chi connectivity index (χ0n) is 7.10. The molecule has 0 aliphatic heterocycles. The highest BCUT2D eigenvalue weighted by Crippen LogP contribution is 1.92. The molecular formula is C8H18NO. The maximum absolute atomic E-state index is 5.35. The Morgan fingerprint density at radius 2 is 2.10 bits per heavy atom. The van der Waals surface area contributed by atoms with Gasteiger partial charge in [-0.05, 0) is 13.3 Å². The normalized spacial score (nSPS) is 10.8. The van der Waals surface area contributed by atoms with Crippen molar-refractivity contribution < 1.29 is 4.84 Å². The second-order valence-corrected chi connectivity index (χ2v) is 2.21. The summed E-state index contributed by atoms with van der Waals surface area (Å²) in [7, 11) is 0. The molecule has 2 nitrogen and oxygen atoms in total. The Labute approximate surface area is 64.1 Å². The van der Waals surface area contributed by atoms with Gasteiger partial charge in [0.25, 0.3) is 0 Å². The molecule has 0 aliphatic carbocycles. The molecule has 0 amide bonds. The van der Waals surface area contributed by atoms with Crippen molar-refractivity contribution in [3.63, 3.8) is 0 Å². The molecule has 0 spiro atoms. The van der Waals surface area contributed by atoms with Gasteiger partial charge in [-0.15, -0.1) is 0 Å². The van der Waals surface area contributed by atoms with Crippen molar-refractivity contribution in [2.24, 2.45) is 0 Å². The first-order valence-electron chi connectivity index (χ1n) is 4.02. The summed E-state index contributed by atoms with van der Waals surface area (Å²) in [6, 6.07) is 0. The Morgan fingerprint density at radius 3 is 2.50 bits per heavy atom. The van der Waals surface area contributed by atoms with Crippen LogP contribution in [0.15, 0.2) is 0 Å². The van der Waals surface area contributed by atoms with Crippen LogP contribution in [-0.4, -0.2) is 24.8 Å². The number of hydrogen-bond acceptors (Lipinski definition) is 2. The minimum Gasteiger partial charge on any atom is -0.299 e. The Balaban J connectivity index is 3.09. The van der Waals surface area contributed by atoms with Crippen molar-refractivity contribution in [2.75, 3.05) is 19.7 Å². The Bertz CT molecular complexity index is 62.3. The van der Waals surface area contributed by atoms with Crippen LogP contribution in [0.5, 0.6) is 0 Å².